The highest BCUT2D eigenvalue weighted by Crippen LogP contribution is 2.15. The van der Waals surface area contributed by atoms with Crippen molar-refractivity contribution < 1.29 is 0 Å². The average Bonchev–Trinajstić information content (AvgIpc) is 2.57. The van der Waals surface area contributed by atoms with E-state index >= 15 is 0 Å². The number of hydrogen-bond donors (Lipinski definition) is 0. The van der Waals surface area contributed by atoms with Crippen LogP contribution in [-0.2, 0) is 6.54 Å². The Morgan fingerprint density at radius 1 is 1.41 bits per heavy atom. The van der Waals surface area contributed by atoms with Crippen molar-refractivity contribution in [1.82, 2.24) is 9.88 Å². The van der Waals surface area contributed by atoms with Crippen molar-refractivity contribution in [2.45, 2.75) is 38.8 Å². The van der Waals surface area contributed by atoms with E-state index in [2.05, 4.69) is 21.1 Å². The van der Waals surface area contributed by atoms with Crippen molar-refractivity contribution >= 4 is 0 Å². The fraction of sp³-hybridized carbons (Fsp3) is 0.615. The fourth-order valence-corrected chi connectivity index (χ4v) is 2.25. The second kappa shape index (κ2) is 5.87. The molecule has 0 amide bonds. The van der Waals surface area contributed by atoms with Crippen LogP contribution in [0.15, 0.2) is 23.5 Å². The lowest BCUT2D eigenvalue weighted by atomic mass is 10.1. The first-order valence-electron chi connectivity index (χ1n) is 6.24. The van der Waals surface area contributed by atoms with Gasteiger partial charge in [-0.2, -0.15) is 4.91 Å². The highest BCUT2D eigenvalue weighted by molar-refractivity contribution is 5.13. The lowest BCUT2D eigenvalue weighted by Gasteiger charge is -2.19. The molecular weight excluding hydrogens is 214 g/mol. The molecule has 4 heteroatoms. The zero-order chi connectivity index (χ0) is 12.1. The Kier molecular flexibility index (Phi) is 4.20. The van der Waals surface area contributed by atoms with E-state index < -0.39 is 0 Å². The molecule has 1 fully saturated rings. The lowest BCUT2D eigenvalue weighted by molar-refractivity contribution is 0.275. The van der Waals surface area contributed by atoms with Gasteiger partial charge in [-0.25, -0.2) is 0 Å². The van der Waals surface area contributed by atoms with E-state index in [4.69, 9.17) is 0 Å². The maximum Gasteiger partial charge on any atom is 0.0932 e. The third kappa shape index (κ3) is 3.60. The van der Waals surface area contributed by atoms with Crippen LogP contribution in [0, 0.1) is 11.8 Å². The minimum absolute atomic E-state index is 0.0242. The first-order chi connectivity index (χ1) is 8.28. The Morgan fingerprint density at radius 3 is 3.00 bits per heavy atom. The number of nitrogens with zero attached hydrogens (tertiary/aromatic N) is 3. The minimum atomic E-state index is 0.0242. The molecule has 0 spiro atoms. The molecule has 1 aromatic heterocycles. The lowest BCUT2D eigenvalue weighted by Crippen LogP contribution is -2.24. The van der Waals surface area contributed by atoms with E-state index in [9.17, 15) is 4.91 Å². The Bertz CT molecular complexity index is 363. The predicted octanol–water partition coefficient (Wildman–Crippen LogP) is 2.51. The molecule has 0 radical (unpaired) electrons. The molecule has 1 saturated heterocycles. The second-order valence-electron chi connectivity index (χ2n) is 4.77. The summed E-state index contributed by atoms with van der Waals surface area (Å²) < 4.78 is 0. The van der Waals surface area contributed by atoms with Crippen molar-refractivity contribution in [3.05, 3.63) is 34.5 Å². The minimum Gasteiger partial charge on any atom is -0.299 e. The van der Waals surface area contributed by atoms with Gasteiger partial charge in [0.1, 0.15) is 0 Å². The molecule has 1 aliphatic heterocycles. The van der Waals surface area contributed by atoms with Gasteiger partial charge >= 0.3 is 0 Å². The number of aromatic nitrogens is 1. The van der Waals surface area contributed by atoms with Gasteiger partial charge in [0, 0.05) is 25.0 Å². The zero-order valence-electron chi connectivity index (χ0n) is 10.3. The van der Waals surface area contributed by atoms with Gasteiger partial charge in [0.05, 0.1) is 6.04 Å². The van der Waals surface area contributed by atoms with Gasteiger partial charge in [-0.05, 0) is 44.4 Å². The van der Waals surface area contributed by atoms with Crippen molar-refractivity contribution in [1.29, 1.82) is 0 Å². The van der Waals surface area contributed by atoms with Crippen LogP contribution >= 0.6 is 0 Å². The summed E-state index contributed by atoms with van der Waals surface area (Å²) in [6.07, 6.45) is 4.83. The first kappa shape index (κ1) is 12.2. The molecule has 2 rings (SSSR count). The predicted molar refractivity (Wildman–Crippen MR) is 67.7 cm³/mol. The van der Waals surface area contributed by atoms with Crippen LogP contribution in [0.3, 0.4) is 0 Å². The normalized spacial score (nSPS) is 22.1. The van der Waals surface area contributed by atoms with Crippen LogP contribution in [0.1, 0.15) is 30.5 Å². The molecule has 1 aliphatic rings. The van der Waals surface area contributed by atoms with E-state index in [0.717, 1.165) is 44.6 Å². The number of rotatable bonds is 3. The van der Waals surface area contributed by atoms with Crippen LogP contribution in [0.5, 0.6) is 0 Å². The topological polar surface area (TPSA) is 45.6 Å². The molecular formula is C13H19N3O. The van der Waals surface area contributed by atoms with Gasteiger partial charge in [0.15, 0.2) is 0 Å². The van der Waals surface area contributed by atoms with Gasteiger partial charge in [-0.3, -0.25) is 9.88 Å². The summed E-state index contributed by atoms with van der Waals surface area (Å²) in [5, 5.41) is 3.17. The average molecular weight is 233 g/mol. The largest absolute Gasteiger partial charge is 0.299 e. The molecule has 0 aliphatic carbocycles. The number of likely N-dealkylation sites (tertiary alicyclic amines) is 1. The van der Waals surface area contributed by atoms with Crippen LogP contribution in [0.4, 0.5) is 0 Å². The third-order valence-electron chi connectivity index (χ3n) is 3.32. The molecule has 0 saturated carbocycles. The molecule has 0 aromatic carbocycles. The number of aryl methyl sites for hydroxylation is 1. The maximum atomic E-state index is 10.5. The Hall–Kier alpha value is -1.29. The fourth-order valence-electron chi connectivity index (χ4n) is 2.25. The summed E-state index contributed by atoms with van der Waals surface area (Å²) in [6.45, 7) is 4.94. The van der Waals surface area contributed by atoms with E-state index in [0.29, 0.717) is 0 Å². The Morgan fingerprint density at radius 2 is 2.29 bits per heavy atom. The zero-order valence-corrected chi connectivity index (χ0v) is 10.3. The van der Waals surface area contributed by atoms with E-state index in [1.54, 1.807) is 0 Å². The highest BCUT2D eigenvalue weighted by atomic mass is 16.3. The molecule has 92 valence electrons. The smallest absolute Gasteiger partial charge is 0.0932 e. The van der Waals surface area contributed by atoms with Crippen LogP contribution in [-0.4, -0.2) is 29.0 Å². The second-order valence-corrected chi connectivity index (χ2v) is 4.77. The quantitative estimate of drug-likeness (QED) is 0.753. The van der Waals surface area contributed by atoms with Gasteiger partial charge in [0.25, 0.3) is 0 Å². The molecule has 1 atom stereocenters. The van der Waals surface area contributed by atoms with Crippen LogP contribution in [0.2, 0.25) is 0 Å². The monoisotopic (exact) mass is 233 g/mol. The summed E-state index contributed by atoms with van der Waals surface area (Å²) in [4.78, 5) is 17.2. The van der Waals surface area contributed by atoms with Gasteiger partial charge < -0.3 is 0 Å². The maximum absolute atomic E-state index is 10.5. The van der Waals surface area contributed by atoms with Gasteiger partial charge in [0.2, 0.25) is 0 Å². The molecule has 1 unspecified atom stereocenters. The number of hydrogen-bond acceptors (Lipinski definition) is 4. The van der Waals surface area contributed by atoms with E-state index in [-0.39, 0.29) is 6.04 Å². The first-order valence-corrected chi connectivity index (χ1v) is 6.24. The summed E-state index contributed by atoms with van der Waals surface area (Å²) in [5.41, 5.74) is 2.29. The molecule has 1 aromatic rings. The van der Waals surface area contributed by atoms with Crippen molar-refractivity contribution in [2.24, 2.45) is 5.18 Å². The van der Waals surface area contributed by atoms with E-state index in [1.165, 1.54) is 5.56 Å². The van der Waals surface area contributed by atoms with Crippen LogP contribution < -0.4 is 0 Å². The molecule has 0 N–H and O–H groups in total. The standard InChI is InChI=1S/C13H19N3O/c1-11-4-5-12(9-14-11)10-16-7-2-3-13(15-17)6-8-16/h4-5,9,13H,2-3,6-8,10H2,1H3. The third-order valence-corrected chi connectivity index (χ3v) is 3.32. The van der Waals surface area contributed by atoms with Gasteiger partial charge in [-0.15, -0.1) is 0 Å². The van der Waals surface area contributed by atoms with Crippen molar-refractivity contribution in [3.63, 3.8) is 0 Å². The summed E-state index contributed by atoms with van der Waals surface area (Å²) in [5.74, 6) is 0. The Labute approximate surface area is 102 Å². The molecule has 0 bridgehead atoms. The summed E-state index contributed by atoms with van der Waals surface area (Å²) in [7, 11) is 0. The summed E-state index contributed by atoms with van der Waals surface area (Å²) >= 11 is 0. The molecule has 17 heavy (non-hydrogen) atoms. The molecule has 4 nitrogen and oxygen atoms in total. The van der Waals surface area contributed by atoms with Gasteiger partial charge in [-0.1, -0.05) is 11.2 Å². The van der Waals surface area contributed by atoms with Crippen molar-refractivity contribution in [3.8, 4) is 0 Å². The SMILES string of the molecule is Cc1ccc(CN2CCCC(N=O)CC2)cn1. The summed E-state index contributed by atoms with van der Waals surface area (Å²) in [6, 6.07) is 4.20. The van der Waals surface area contributed by atoms with Crippen molar-refractivity contribution in [2.75, 3.05) is 13.1 Å². The highest BCUT2D eigenvalue weighted by Gasteiger charge is 2.17. The molecule has 2 heterocycles. The number of nitroso groups, excluding NO2 is 1. The van der Waals surface area contributed by atoms with Crippen LogP contribution in [0.25, 0.3) is 0 Å². The Balaban J connectivity index is 1.90. The van der Waals surface area contributed by atoms with E-state index in [1.807, 2.05) is 19.2 Å². The number of pyridine rings is 1.